The Labute approximate surface area is 150 Å². The van der Waals surface area contributed by atoms with Gasteiger partial charge >= 0.3 is 6.61 Å². The molecular weight excluding hydrogens is 346 g/mol. The summed E-state index contributed by atoms with van der Waals surface area (Å²) in [5.41, 5.74) is 0.947. The molecule has 136 valence electrons. The Hall–Kier alpha value is -1.99. The van der Waals surface area contributed by atoms with Crippen molar-refractivity contribution >= 4 is 17.2 Å². The van der Waals surface area contributed by atoms with Crippen molar-refractivity contribution in [2.24, 2.45) is 0 Å². The fourth-order valence-electron chi connectivity index (χ4n) is 2.35. The molecule has 0 saturated carbocycles. The van der Waals surface area contributed by atoms with Crippen LogP contribution in [0.1, 0.15) is 23.4 Å². The van der Waals surface area contributed by atoms with Gasteiger partial charge in [0, 0.05) is 17.5 Å². The van der Waals surface area contributed by atoms with Crippen LogP contribution in [0.15, 0.2) is 41.8 Å². The number of halogens is 2. The zero-order chi connectivity index (χ0) is 18.2. The number of ether oxygens (including phenoxy) is 1. The number of nitrogens with zero attached hydrogens (tertiary/aromatic N) is 1. The number of carbonyl (C=O) groups excluding carboxylic acids is 1. The van der Waals surface area contributed by atoms with Crippen LogP contribution in [0.25, 0.3) is 0 Å². The molecule has 1 amide bonds. The normalized spacial score (nSPS) is 12.4. The van der Waals surface area contributed by atoms with Crippen LogP contribution in [-0.4, -0.2) is 37.6 Å². The fourth-order valence-corrected chi connectivity index (χ4v) is 3.20. The molecule has 0 saturated heterocycles. The first kappa shape index (κ1) is 19.3. The van der Waals surface area contributed by atoms with Crippen molar-refractivity contribution in [2.45, 2.75) is 26.0 Å². The number of benzene rings is 1. The number of alkyl halides is 2. The van der Waals surface area contributed by atoms with Crippen molar-refractivity contribution in [3.8, 4) is 5.75 Å². The quantitative estimate of drug-likeness (QED) is 0.734. The molecule has 25 heavy (non-hydrogen) atoms. The second-order valence-corrected chi connectivity index (χ2v) is 6.71. The van der Waals surface area contributed by atoms with Gasteiger partial charge in [0.25, 0.3) is 0 Å². The lowest BCUT2D eigenvalue weighted by Gasteiger charge is -2.23. The molecule has 0 radical (unpaired) electrons. The molecule has 2 rings (SSSR count). The summed E-state index contributed by atoms with van der Waals surface area (Å²) in [5, 5.41) is 4.91. The van der Waals surface area contributed by atoms with E-state index in [-0.39, 0.29) is 17.7 Å². The van der Waals surface area contributed by atoms with E-state index in [0.717, 1.165) is 5.56 Å². The first-order valence-electron chi connectivity index (χ1n) is 8.00. The first-order chi connectivity index (χ1) is 12.0. The maximum atomic E-state index is 12.1. The van der Waals surface area contributed by atoms with Crippen LogP contribution in [-0.2, 0) is 11.2 Å². The van der Waals surface area contributed by atoms with E-state index in [2.05, 4.69) is 23.0 Å². The maximum absolute atomic E-state index is 12.1. The molecule has 0 aliphatic heterocycles. The van der Waals surface area contributed by atoms with Crippen LogP contribution >= 0.6 is 11.3 Å². The first-order valence-corrected chi connectivity index (χ1v) is 8.87. The molecule has 1 unspecified atom stereocenters. The van der Waals surface area contributed by atoms with Crippen molar-refractivity contribution in [1.29, 1.82) is 0 Å². The number of hydrogen-bond donors (Lipinski definition) is 1. The molecule has 0 aliphatic rings. The van der Waals surface area contributed by atoms with Crippen LogP contribution in [0.3, 0.4) is 0 Å². The average molecular weight is 368 g/mol. The number of carbonyl (C=O) groups is 1. The van der Waals surface area contributed by atoms with E-state index in [1.54, 1.807) is 23.5 Å². The zero-order valence-electron chi connectivity index (χ0n) is 14.2. The van der Waals surface area contributed by atoms with Gasteiger partial charge in [0.2, 0.25) is 5.91 Å². The molecule has 1 aromatic carbocycles. The van der Waals surface area contributed by atoms with Gasteiger partial charge in [-0.1, -0.05) is 18.2 Å². The van der Waals surface area contributed by atoms with E-state index < -0.39 is 6.61 Å². The van der Waals surface area contributed by atoms with E-state index in [1.165, 1.54) is 17.0 Å². The highest BCUT2D eigenvalue weighted by Gasteiger charge is 2.15. The van der Waals surface area contributed by atoms with Crippen molar-refractivity contribution in [3.05, 3.63) is 52.2 Å². The summed E-state index contributed by atoms with van der Waals surface area (Å²) in [5.74, 6) is 0.0931. The molecular formula is C18H22F2N2O2S. The van der Waals surface area contributed by atoms with Gasteiger partial charge in [0.1, 0.15) is 5.75 Å². The molecule has 4 nitrogen and oxygen atoms in total. The van der Waals surface area contributed by atoms with Gasteiger partial charge < -0.3 is 10.1 Å². The Morgan fingerprint density at radius 1 is 1.28 bits per heavy atom. The molecule has 0 bridgehead atoms. The van der Waals surface area contributed by atoms with Gasteiger partial charge in [-0.2, -0.15) is 8.78 Å². The third kappa shape index (κ3) is 6.43. The predicted molar refractivity (Wildman–Crippen MR) is 95.2 cm³/mol. The van der Waals surface area contributed by atoms with Crippen molar-refractivity contribution in [3.63, 3.8) is 0 Å². The second-order valence-electron chi connectivity index (χ2n) is 5.73. The number of nitrogens with one attached hydrogen (secondary N) is 1. The lowest BCUT2D eigenvalue weighted by molar-refractivity contribution is -0.122. The summed E-state index contributed by atoms with van der Waals surface area (Å²) < 4.78 is 28.5. The third-order valence-electron chi connectivity index (χ3n) is 3.89. The number of likely N-dealkylation sites (N-methyl/N-ethyl adjacent to an activating group) is 1. The smallest absolute Gasteiger partial charge is 0.387 e. The minimum absolute atomic E-state index is 0.0384. The Balaban J connectivity index is 1.71. The van der Waals surface area contributed by atoms with Crippen LogP contribution in [0.2, 0.25) is 0 Å². The summed E-state index contributed by atoms with van der Waals surface area (Å²) in [6.45, 7) is 0.0657. The average Bonchev–Trinajstić information content (AvgIpc) is 3.09. The SMILES string of the molecule is CC(c1cccs1)N(C)CC(=O)NCCc1ccc(OC(F)F)cc1. The summed E-state index contributed by atoms with van der Waals surface area (Å²) in [4.78, 5) is 15.3. The van der Waals surface area contributed by atoms with E-state index >= 15 is 0 Å². The number of thiophene rings is 1. The molecule has 1 heterocycles. The highest BCUT2D eigenvalue weighted by Crippen LogP contribution is 2.22. The standard InChI is InChI=1S/C18H22F2N2O2S/c1-13(16-4-3-11-25-16)22(2)12-17(23)21-10-9-14-5-7-15(8-6-14)24-18(19)20/h3-8,11,13,18H,9-10,12H2,1-2H3,(H,21,23). The molecule has 0 fully saturated rings. The lowest BCUT2D eigenvalue weighted by Crippen LogP contribution is -2.37. The predicted octanol–water partition coefficient (Wildman–Crippen LogP) is 3.70. The Kier molecular flexibility index (Phi) is 7.33. The van der Waals surface area contributed by atoms with E-state index in [1.807, 2.05) is 23.4 Å². The van der Waals surface area contributed by atoms with Gasteiger partial charge in [-0.05, 0) is 49.5 Å². The van der Waals surface area contributed by atoms with E-state index in [4.69, 9.17) is 0 Å². The second kappa shape index (κ2) is 9.48. The Morgan fingerprint density at radius 2 is 2.00 bits per heavy atom. The monoisotopic (exact) mass is 368 g/mol. The van der Waals surface area contributed by atoms with Crippen LogP contribution in [0, 0.1) is 0 Å². The van der Waals surface area contributed by atoms with Crippen LogP contribution in [0.5, 0.6) is 5.75 Å². The van der Waals surface area contributed by atoms with Crippen LogP contribution in [0.4, 0.5) is 8.78 Å². The fraction of sp³-hybridized carbons (Fsp3) is 0.389. The zero-order valence-corrected chi connectivity index (χ0v) is 15.1. The largest absolute Gasteiger partial charge is 0.435 e. The summed E-state index contributed by atoms with van der Waals surface area (Å²) in [6.07, 6.45) is 0.630. The highest BCUT2D eigenvalue weighted by molar-refractivity contribution is 7.10. The molecule has 0 aliphatic carbocycles. The van der Waals surface area contributed by atoms with E-state index in [0.29, 0.717) is 19.5 Å². The highest BCUT2D eigenvalue weighted by atomic mass is 32.1. The number of hydrogen-bond acceptors (Lipinski definition) is 4. The van der Waals surface area contributed by atoms with Crippen LogP contribution < -0.4 is 10.1 Å². The van der Waals surface area contributed by atoms with Gasteiger partial charge in [0.05, 0.1) is 6.54 Å². The Bertz CT molecular complexity index is 648. The summed E-state index contributed by atoms with van der Waals surface area (Å²) in [6, 6.07) is 10.7. The summed E-state index contributed by atoms with van der Waals surface area (Å²) in [7, 11) is 1.92. The number of rotatable bonds is 9. The molecule has 1 atom stereocenters. The lowest BCUT2D eigenvalue weighted by atomic mass is 10.1. The van der Waals surface area contributed by atoms with Gasteiger partial charge in [0.15, 0.2) is 0 Å². The summed E-state index contributed by atoms with van der Waals surface area (Å²) >= 11 is 1.68. The van der Waals surface area contributed by atoms with E-state index in [9.17, 15) is 13.6 Å². The minimum Gasteiger partial charge on any atom is -0.435 e. The number of amides is 1. The molecule has 1 N–H and O–H groups in total. The van der Waals surface area contributed by atoms with Gasteiger partial charge in [-0.15, -0.1) is 11.3 Å². The van der Waals surface area contributed by atoms with Gasteiger partial charge in [-0.25, -0.2) is 0 Å². The minimum atomic E-state index is -2.82. The third-order valence-corrected chi connectivity index (χ3v) is 4.94. The molecule has 1 aromatic heterocycles. The van der Waals surface area contributed by atoms with Gasteiger partial charge in [-0.3, -0.25) is 9.69 Å². The van der Waals surface area contributed by atoms with Crippen molar-refractivity contribution in [2.75, 3.05) is 20.1 Å². The van der Waals surface area contributed by atoms with Crippen molar-refractivity contribution < 1.29 is 18.3 Å². The Morgan fingerprint density at radius 3 is 2.60 bits per heavy atom. The molecule has 0 spiro atoms. The maximum Gasteiger partial charge on any atom is 0.387 e. The molecule has 7 heteroatoms. The topological polar surface area (TPSA) is 41.6 Å². The van der Waals surface area contributed by atoms with Crippen molar-refractivity contribution in [1.82, 2.24) is 10.2 Å². The molecule has 2 aromatic rings.